The number of anilines is 6. The molecular weight excluding hydrogens is 805 g/mol. The zero-order chi connectivity index (χ0) is 43.6. The first kappa shape index (κ1) is 37.5. The number of pyridine rings is 4. The van der Waals surface area contributed by atoms with Gasteiger partial charge in [-0.1, -0.05) is 127 Å². The van der Waals surface area contributed by atoms with Gasteiger partial charge in [0, 0.05) is 101 Å². The smallest absolute Gasteiger partial charge is 0.0816 e. The fraction of sp³-hybridized carbons (Fsp3) is 0. The molecule has 13 rings (SSSR count). The molecule has 0 saturated heterocycles. The molecule has 6 heteroatoms. The van der Waals surface area contributed by atoms with E-state index in [2.05, 4.69) is 198 Å². The van der Waals surface area contributed by atoms with Crippen molar-refractivity contribution in [1.82, 2.24) is 19.9 Å². The SMILES string of the molecule is c1ccc(N(c2ccccc2)c2c3ccccc3c(N(c3ccccc3)c3ccccc3)c3cc(-c4ccnc5c4c4cccnc4c4c6ncccc6c6cccnc6c54)ccc23)cc1. The number of hydrogen-bond acceptors (Lipinski definition) is 6. The second kappa shape index (κ2) is 15.4. The van der Waals surface area contributed by atoms with Crippen molar-refractivity contribution in [3.63, 3.8) is 0 Å². The number of nitrogens with zero attached hydrogens (tertiary/aromatic N) is 6. The van der Waals surface area contributed by atoms with E-state index >= 15 is 0 Å². The molecule has 0 aliphatic carbocycles. The minimum absolute atomic E-state index is 0.869. The quantitative estimate of drug-likeness (QED) is 0.0905. The van der Waals surface area contributed by atoms with Crippen molar-refractivity contribution in [3.05, 3.63) is 231 Å². The van der Waals surface area contributed by atoms with Crippen LogP contribution in [0.4, 0.5) is 34.1 Å². The number of hydrogen-bond donors (Lipinski definition) is 0. The van der Waals surface area contributed by atoms with E-state index in [9.17, 15) is 0 Å². The molecule has 0 amide bonds. The molecule has 0 aliphatic heterocycles. The van der Waals surface area contributed by atoms with Gasteiger partial charge in [0.1, 0.15) is 0 Å². The lowest BCUT2D eigenvalue weighted by atomic mass is 9.89. The van der Waals surface area contributed by atoms with Crippen LogP contribution >= 0.6 is 0 Å². The van der Waals surface area contributed by atoms with E-state index in [-0.39, 0.29) is 0 Å². The highest BCUT2D eigenvalue weighted by Gasteiger charge is 2.27. The van der Waals surface area contributed by atoms with Gasteiger partial charge in [-0.2, -0.15) is 0 Å². The molecule has 0 N–H and O–H groups in total. The van der Waals surface area contributed by atoms with Crippen molar-refractivity contribution >= 4 is 110 Å². The topological polar surface area (TPSA) is 58.0 Å². The van der Waals surface area contributed by atoms with Crippen molar-refractivity contribution in [3.8, 4) is 11.1 Å². The van der Waals surface area contributed by atoms with Crippen LogP contribution in [0.5, 0.6) is 0 Å². The molecule has 4 aromatic heterocycles. The van der Waals surface area contributed by atoms with Gasteiger partial charge in [0.2, 0.25) is 0 Å². The Kier molecular flexibility index (Phi) is 8.74. The van der Waals surface area contributed by atoms with Crippen molar-refractivity contribution in [2.75, 3.05) is 9.80 Å². The van der Waals surface area contributed by atoms with Crippen molar-refractivity contribution in [1.29, 1.82) is 0 Å². The fourth-order valence-electron chi connectivity index (χ4n) is 10.2. The Morgan fingerprint density at radius 1 is 0.258 bits per heavy atom. The molecule has 0 saturated carbocycles. The lowest BCUT2D eigenvalue weighted by molar-refractivity contribution is 1.29. The van der Waals surface area contributed by atoms with Crippen LogP contribution < -0.4 is 9.80 Å². The van der Waals surface area contributed by atoms with Gasteiger partial charge in [0.15, 0.2) is 0 Å². The van der Waals surface area contributed by atoms with Crippen molar-refractivity contribution in [2.45, 2.75) is 0 Å². The third-order valence-corrected chi connectivity index (χ3v) is 12.9. The van der Waals surface area contributed by atoms with Crippen molar-refractivity contribution in [2.24, 2.45) is 0 Å². The van der Waals surface area contributed by atoms with Crippen LogP contribution in [0.2, 0.25) is 0 Å². The van der Waals surface area contributed by atoms with Gasteiger partial charge in [-0.05, 0) is 90.0 Å². The highest BCUT2D eigenvalue weighted by Crippen LogP contribution is 2.52. The van der Waals surface area contributed by atoms with E-state index in [1.54, 1.807) is 0 Å². The Balaban J connectivity index is 1.20. The average molecular weight is 843 g/mol. The molecule has 66 heavy (non-hydrogen) atoms. The highest BCUT2D eigenvalue weighted by molar-refractivity contribution is 6.38. The Morgan fingerprint density at radius 2 is 0.636 bits per heavy atom. The molecule has 13 aromatic rings. The molecule has 0 fully saturated rings. The lowest BCUT2D eigenvalue weighted by Crippen LogP contribution is -2.14. The first-order valence-electron chi connectivity index (χ1n) is 22.2. The van der Waals surface area contributed by atoms with Gasteiger partial charge in [0.25, 0.3) is 0 Å². The normalized spacial score (nSPS) is 11.6. The van der Waals surface area contributed by atoms with Gasteiger partial charge in [0.05, 0.1) is 33.4 Å². The van der Waals surface area contributed by atoms with E-state index in [4.69, 9.17) is 19.9 Å². The van der Waals surface area contributed by atoms with E-state index in [1.807, 2.05) is 43.0 Å². The van der Waals surface area contributed by atoms with Crippen LogP contribution in [0.3, 0.4) is 0 Å². The highest BCUT2D eigenvalue weighted by atomic mass is 15.2. The predicted octanol–water partition coefficient (Wildman–Crippen LogP) is 15.9. The summed E-state index contributed by atoms with van der Waals surface area (Å²) in [6.07, 6.45) is 7.56. The third kappa shape index (κ3) is 5.82. The molecule has 0 unspecified atom stereocenters. The van der Waals surface area contributed by atoms with Gasteiger partial charge >= 0.3 is 0 Å². The summed E-state index contributed by atoms with van der Waals surface area (Å²) in [5.41, 5.74) is 12.1. The van der Waals surface area contributed by atoms with Gasteiger partial charge < -0.3 is 9.80 Å². The zero-order valence-electron chi connectivity index (χ0n) is 35.6. The van der Waals surface area contributed by atoms with E-state index in [0.29, 0.717) is 0 Å². The number of para-hydroxylation sites is 4. The fourth-order valence-corrected chi connectivity index (χ4v) is 10.2. The molecular formula is C60H38N6. The molecule has 308 valence electrons. The molecule has 0 atom stereocenters. The van der Waals surface area contributed by atoms with Gasteiger partial charge in [-0.15, -0.1) is 0 Å². The lowest BCUT2D eigenvalue weighted by Gasteiger charge is -2.33. The molecule has 0 aliphatic rings. The Hall–Kier alpha value is -9.00. The van der Waals surface area contributed by atoms with E-state index < -0.39 is 0 Å². The number of fused-ring (bicyclic) bond motifs is 13. The predicted molar refractivity (Wildman–Crippen MR) is 275 cm³/mol. The summed E-state index contributed by atoms with van der Waals surface area (Å²) in [7, 11) is 0. The molecule has 4 heterocycles. The summed E-state index contributed by atoms with van der Waals surface area (Å²) in [6.45, 7) is 0. The summed E-state index contributed by atoms with van der Waals surface area (Å²) in [4.78, 5) is 25.2. The van der Waals surface area contributed by atoms with Gasteiger partial charge in [-0.25, -0.2) is 0 Å². The number of aromatic nitrogens is 4. The molecule has 6 nitrogen and oxygen atoms in total. The first-order chi connectivity index (χ1) is 32.8. The third-order valence-electron chi connectivity index (χ3n) is 12.9. The van der Waals surface area contributed by atoms with Crippen LogP contribution in [-0.4, -0.2) is 19.9 Å². The summed E-state index contributed by atoms with van der Waals surface area (Å²) in [5, 5.41) is 10.5. The number of rotatable bonds is 7. The minimum atomic E-state index is 0.869. The summed E-state index contributed by atoms with van der Waals surface area (Å²) in [5.74, 6) is 0. The zero-order valence-corrected chi connectivity index (χ0v) is 35.6. The molecule has 0 spiro atoms. The molecule has 0 radical (unpaired) electrons. The van der Waals surface area contributed by atoms with Crippen LogP contribution in [0.25, 0.3) is 87.1 Å². The second-order valence-electron chi connectivity index (χ2n) is 16.5. The largest absolute Gasteiger partial charge is 0.309 e. The van der Waals surface area contributed by atoms with Crippen LogP contribution in [-0.2, 0) is 0 Å². The minimum Gasteiger partial charge on any atom is -0.309 e. The average Bonchev–Trinajstić information content (AvgIpc) is 3.40. The van der Waals surface area contributed by atoms with Crippen LogP contribution in [0, 0.1) is 0 Å². The standard InChI is InChI=1S/C60H38N6/c1-5-18-40(19-6-1)65(41-20-7-2-8-21-41)59-47-26-13-14-27-48(47)60(66(42-22-9-3-10-23-42)43-24-11-4-12-25-43)51-38-39(31-32-49(51)59)44-33-37-64-58-52(44)50-30-17-36-63-57(50)53-54(58)56-46(29-16-35-62-56)45-28-15-34-61-55(45)53/h1-38H. The number of benzene rings is 9. The Morgan fingerprint density at radius 3 is 1.14 bits per heavy atom. The van der Waals surface area contributed by atoms with Crippen molar-refractivity contribution < 1.29 is 0 Å². The maximum atomic E-state index is 5.22. The molecule has 9 aromatic carbocycles. The summed E-state index contributed by atoms with van der Waals surface area (Å²) in [6, 6.07) is 73.3. The summed E-state index contributed by atoms with van der Waals surface area (Å²) < 4.78 is 0. The van der Waals surface area contributed by atoms with E-state index in [0.717, 1.165) is 121 Å². The molecule has 0 bridgehead atoms. The first-order valence-corrected chi connectivity index (χ1v) is 22.2. The second-order valence-corrected chi connectivity index (χ2v) is 16.5. The Labute approximate surface area is 380 Å². The Bertz CT molecular complexity index is 3910. The van der Waals surface area contributed by atoms with Gasteiger partial charge in [-0.3, -0.25) is 19.9 Å². The van der Waals surface area contributed by atoms with E-state index in [1.165, 1.54) is 0 Å². The summed E-state index contributed by atoms with van der Waals surface area (Å²) >= 11 is 0. The monoisotopic (exact) mass is 842 g/mol. The maximum absolute atomic E-state index is 5.22. The maximum Gasteiger partial charge on any atom is 0.0816 e. The van der Waals surface area contributed by atoms with Crippen LogP contribution in [0.1, 0.15) is 0 Å². The van der Waals surface area contributed by atoms with Crippen LogP contribution in [0.15, 0.2) is 231 Å².